The Morgan fingerprint density at radius 2 is 2.29 bits per heavy atom. The summed E-state index contributed by atoms with van der Waals surface area (Å²) in [6.45, 7) is 0. The van der Waals surface area contributed by atoms with Crippen LogP contribution in [0.4, 0.5) is 0 Å². The number of rotatable bonds is 1. The van der Waals surface area contributed by atoms with E-state index in [0.717, 1.165) is 0 Å². The van der Waals surface area contributed by atoms with Crippen LogP contribution in [0, 0.1) is 0 Å². The first kappa shape index (κ1) is 9.48. The van der Waals surface area contributed by atoms with E-state index in [2.05, 4.69) is 15.0 Å². The molecule has 0 bridgehead atoms. The Labute approximate surface area is 88.7 Å². The lowest BCUT2D eigenvalue weighted by Gasteiger charge is -2.00. The highest BCUT2D eigenvalue weighted by Crippen LogP contribution is 2.18. The summed E-state index contributed by atoms with van der Waals surface area (Å²) in [5, 5.41) is 1.08. The molecule has 0 aliphatic heterocycles. The quantitative estimate of drug-likeness (QED) is 0.458. The van der Waals surface area contributed by atoms with E-state index in [-0.39, 0.29) is 10.6 Å². The van der Waals surface area contributed by atoms with Crippen molar-refractivity contribution in [3.8, 4) is 0 Å². The van der Waals surface area contributed by atoms with E-state index < -0.39 is 0 Å². The zero-order valence-corrected chi connectivity index (χ0v) is 8.82. The second-order valence-electron chi connectivity index (χ2n) is 2.57. The highest BCUT2D eigenvalue weighted by molar-refractivity contribution is 7.98. The van der Waals surface area contributed by atoms with Gasteiger partial charge in [0.15, 0.2) is 10.6 Å². The van der Waals surface area contributed by atoms with Gasteiger partial charge in [-0.15, -0.1) is 0 Å². The van der Waals surface area contributed by atoms with Gasteiger partial charge in [0.25, 0.3) is 0 Å². The molecule has 0 unspecified atom stereocenters. The summed E-state index contributed by atoms with van der Waals surface area (Å²) in [5.74, 6) is 0. The number of H-pyrrole nitrogens is 1. The van der Waals surface area contributed by atoms with Crippen molar-refractivity contribution in [2.45, 2.75) is 5.16 Å². The molecule has 0 radical (unpaired) electrons. The second-order valence-corrected chi connectivity index (χ2v) is 3.70. The van der Waals surface area contributed by atoms with Gasteiger partial charge in [0.05, 0.1) is 0 Å². The van der Waals surface area contributed by atoms with Crippen LogP contribution >= 0.6 is 23.4 Å². The van der Waals surface area contributed by atoms with Gasteiger partial charge in [-0.1, -0.05) is 23.4 Å². The van der Waals surface area contributed by atoms with Gasteiger partial charge in [0, 0.05) is 12.3 Å². The molecule has 0 saturated carbocycles. The molecule has 2 aromatic heterocycles. The SMILES string of the molecule is CSc1nc(Cl)c2c(=O)cc[nH]c2n1. The Hall–Kier alpha value is -1.07. The van der Waals surface area contributed by atoms with Gasteiger partial charge in [0.1, 0.15) is 16.2 Å². The van der Waals surface area contributed by atoms with Crippen molar-refractivity contribution < 1.29 is 0 Å². The van der Waals surface area contributed by atoms with Crippen molar-refractivity contribution in [2.24, 2.45) is 0 Å². The third-order valence-electron chi connectivity index (χ3n) is 1.73. The predicted octanol–water partition coefficient (Wildman–Crippen LogP) is 1.69. The van der Waals surface area contributed by atoms with Crippen molar-refractivity contribution >= 4 is 34.4 Å². The number of halogens is 1. The fourth-order valence-electron chi connectivity index (χ4n) is 1.11. The summed E-state index contributed by atoms with van der Waals surface area (Å²) >= 11 is 7.24. The maximum atomic E-state index is 11.4. The normalized spacial score (nSPS) is 10.7. The maximum absolute atomic E-state index is 11.4. The van der Waals surface area contributed by atoms with Crippen LogP contribution in [0.5, 0.6) is 0 Å². The predicted molar refractivity (Wildman–Crippen MR) is 56.9 cm³/mol. The number of thioether (sulfide) groups is 1. The summed E-state index contributed by atoms with van der Waals surface area (Å²) in [7, 11) is 0. The molecule has 0 aliphatic rings. The van der Waals surface area contributed by atoms with E-state index in [1.54, 1.807) is 0 Å². The Morgan fingerprint density at radius 1 is 1.50 bits per heavy atom. The first-order chi connectivity index (χ1) is 6.72. The fraction of sp³-hybridized carbons (Fsp3) is 0.125. The summed E-state index contributed by atoms with van der Waals surface area (Å²) in [4.78, 5) is 22.4. The van der Waals surface area contributed by atoms with Crippen molar-refractivity contribution in [1.82, 2.24) is 15.0 Å². The number of nitrogens with zero attached hydrogens (tertiary/aromatic N) is 2. The molecule has 1 N–H and O–H groups in total. The standard InChI is InChI=1S/C8H6ClN3OS/c1-14-8-11-6(9)5-4(13)2-3-10-7(5)12-8/h2-3H,1H3,(H,10,11,12,13). The van der Waals surface area contributed by atoms with E-state index in [9.17, 15) is 4.79 Å². The fourth-order valence-corrected chi connectivity index (χ4v) is 1.79. The van der Waals surface area contributed by atoms with E-state index in [1.807, 2.05) is 6.26 Å². The van der Waals surface area contributed by atoms with Crippen LogP contribution in [0.2, 0.25) is 5.15 Å². The van der Waals surface area contributed by atoms with Crippen LogP contribution in [0.3, 0.4) is 0 Å². The number of aromatic nitrogens is 3. The number of hydrogen-bond donors (Lipinski definition) is 1. The molecule has 4 nitrogen and oxygen atoms in total. The molecule has 0 atom stereocenters. The van der Waals surface area contributed by atoms with E-state index in [4.69, 9.17) is 11.6 Å². The average molecular weight is 228 g/mol. The average Bonchev–Trinajstić information content (AvgIpc) is 2.17. The van der Waals surface area contributed by atoms with Crippen molar-refractivity contribution in [3.63, 3.8) is 0 Å². The van der Waals surface area contributed by atoms with Gasteiger partial charge in [-0.3, -0.25) is 4.79 Å². The van der Waals surface area contributed by atoms with Crippen LogP contribution < -0.4 is 5.43 Å². The molecular formula is C8H6ClN3OS. The molecule has 72 valence electrons. The van der Waals surface area contributed by atoms with Gasteiger partial charge in [-0.25, -0.2) is 9.97 Å². The molecule has 2 heterocycles. The van der Waals surface area contributed by atoms with Crippen LogP contribution in [-0.2, 0) is 0 Å². The Bertz CT molecular complexity index is 540. The van der Waals surface area contributed by atoms with Crippen LogP contribution in [0.15, 0.2) is 22.2 Å². The summed E-state index contributed by atoms with van der Waals surface area (Å²) in [6.07, 6.45) is 3.39. The number of nitrogens with one attached hydrogen (secondary N) is 1. The lowest BCUT2D eigenvalue weighted by atomic mass is 10.3. The number of hydrogen-bond acceptors (Lipinski definition) is 4. The second kappa shape index (κ2) is 3.59. The molecule has 0 aliphatic carbocycles. The summed E-state index contributed by atoms with van der Waals surface area (Å²) in [5.41, 5.74) is 0.304. The minimum atomic E-state index is -0.170. The molecule has 0 saturated heterocycles. The first-order valence-electron chi connectivity index (χ1n) is 3.81. The molecule has 2 aromatic rings. The van der Waals surface area contributed by atoms with Crippen molar-refractivity contribution in [1.29, 1.82) is 0 Å². The molecule has 0 amide bonds. The van der Waals surface area contributed by atoms with Crippen molar-refractivity contribution in [2.75, 3.05) is 6.26 Å². The van der Waals surface area contributed by atoms with Gasteiger partial charge in [-0.05, 0) is 6.26 Å². The molecular weight excluding hydrogens is 222 g/mol. The van der Waals surface area contributed by atoms with E-state index in [1.165, 1.54) is 24.0 Å². The lowest BCUT2D eigenvalue weighted by Crippen LogP contribution is -2.04. The van der Waals surface area contributed by atoms with Crippen LogP contribution in [0.25, 0.3) is 11.0 Å². The summed E-state index contributed by atoms with van der Waals surface area (Å²) in [6, 6.07) is 1.40. The highest BCUT2D eigenvalue weighted by atomic mass is 35.5. The molecule has 0 spiro atoms. The third kappa shape index (κ3) is 1.49. The van der Waals surface area contributed by atoms with Crippen LogP contribution in [0.1, 0.15) is 0 Å². The molecule has 2 rings (SSSR count). The largest absolute Gasteiger partial charge is 0.346 e. The van der Waals surface area contributed by atoms with Gasteiger partial charge in [-0.2, -0.15) is 0 Å². The minimum absolute atomic E-state index is 0.170. The van der Waals surface area contributed by atoms with Gasteiger partial charge in [0.2, 0.25) is 0 Å². The van der Waals surface area contributed by atoms with Gasteiger partial charge >= 0.3 is 0 Å². The molecule has 14 heavy (non-hydrogen) atoms. The topological polar surface area (TPSA) is 58.6 Å². The smallest absolute Gasteiger partial charge is 0.194 e. The van der Waals surface area contributed by atoms with Crippen LogP contribution in [-0.4, -0.2) is 21.2 Å². The monoisotopic (exact) mass is 227 g/mol. The highest BCUT2D eigenvalue weighted by Gasteiger charge is 2.07. The number of fused-ring (bicyclic) bond motifs is 1. The van der Waals surface area contributed by atoms with Crippen molar-refractivity contribution in [3.05, 3.63) is 27.6 Å². The third-order valence-corrected chi connectivity index (χ3v) is 2.55. The Balaban J connectivity index is 2.90. The van der Waals surface area contributed by atoms with Gasteiger partial charge < -0.3 is 4.98 Å². The zero-order chi connectivity index (χ0) is 10.1. The zero-order valence-electron chi connectivity index (χ0n) is 7.24. The Morgan fingerprint density at radius 3 is 3.00 bits per heavy atom. The number of pyridine rings is 1. The number of aromatic amines is 1. The Kier molecular flexibility index (Phi) is 2.43. The molecule has 0 aromatic carbocycles. The molecule has 6 heteroatoms. The first-order valence-corrected chi connectivity index (χ1v) is 5.41. The van der Waals surface area contributed by atoms with E-state index >= 15 is 0 Å². The lowest BCUT2D eigenvalue weighted by molar-refractivity contribution is 0.991. The van der Waals surface area contributed by atoms with E-state index in [0.29, 0.717) is 16.2 Å². The minimum Gasteiger partial charge on any atom is -0.346 e. The summed E-state index contributed by atoms with van der Waals surface area (Å²) < 4.78 is 0. The maximum Gasteiger partial charge on any atom is 0.194 e. The molecule has 0 fully saturated rings.